The van der Waals surface area contributed by atoms with Crippen LogP contribution in [0, 0.1) is 0 Å². The Morgan fingerprint density at radius 2 is 2.00 bits per heavy atom. The fourth-order valence-electron chi connectivity index (χ4n) is 3.12. The van der Waals surface area contributed by atoms with Crippen molar-refractivity contribution in [1.29, 1.82) is 0 Å². The van der Waals surface area contributed by atoms with Crippen LogP contribution in [0.2, 0.25) is 5.02 Å². The van der Waals surface area contributed by atoms with Crippen LogP contribution in [0.1, 0.15) is 40.7 Å². The quantitative estimate of drug-likeness (QED) is 0.860. The first-order chi connectivity index (χ1) is 11.1. The van der Waals surface area contributed by atoms with E-state index < -0.39 is 5.97 Å². The molecule has 0 saturated heterocycles. The van der Waals surface area contributed by atoms with Crippen LogP contribution in [0.25, 0.3) is 0 Å². The predicted molar refractivity (Wildman–Crippen MR) is 90.5 cm³/mol. The summed E-state index contributed by atoms with van der Waals surface area (Å²) in [5, 5.41) is 9.60. The number of carbonyl (C=O) groups is 1. The maximum Gasteiger partial charge on any atom is 0.337 e. The van der Waals surface area contributed by atoms with Gasteiger partial charge in [-0.3, -0.25) is 0 Å². The Morgan fingerprint density at radius 1 is 1.22 bits per heavy atom. The molecule has 0 saturated carbocycles. The van der Waals surface area contributed by atoms with E-state index >= 15 is 0 Å². The SMILES string of the molecule is O=C(O)c1c(Cl)ccc2c1CCC(CCCc1ccccc1)O2. The Balaban J connectivity index is 1.62. The van der Waals surface area contributed by atoms with Crippen molar-refractivity contribution in [1.82, 2.24) is 0 Å². The molecule has 1 aliphatic rings. The van der Waals surface area contributed by atoms with E-state index in [9.17, 15) is 9.90 Å². The molecule has 1 N–H and O–H groups in total. The Kier molecular flexibility index (Phi) is 4.87. The number of halogens is 1. The molecule has 1 heterocycles. The summed E-state index contributed by atoms with van der Waals surface area (Å²) < 4.78 is 5.99. The van der Waals surface area contributed by atoms with Crippen molar-refractivity contribution in [3.8, 4) is 5.75 Å². The van der Waals surface area contributed by atoms with Crippen LogP contribution < -0.4 is 4.74 Å². The number of fused-ring (bicyclic) bond motifs is 1. The zero-order valence-corrected chi connectivity index (χ0v) is 13.6. The number of hydrogen-bond donors (Lipinski definition) is 1. The molecule has 3 nitrogen and oxygen atoms in total. The van der Waals surface area contributed by atoms with Crippen molar-refractivity contribution in [2.45, 2.75) is 38.2 Å². The van der Waals surface area contributed by atoms with Crippen LogP contribution in [0.15, 0.2) is 42.5 Å². The zero-order valence-electron chi connectivity index (χ0n) is 12.8. The highest BCUT2D eigenvalue weighted by atomic mass is 35.5. The minimum atomic E-state index is -0.988. The number of benzene rings is 2. The highest BCUT2D eigenvalue weighted by Crippen LogP contribution is 2.35. The van der Waals surface area contributed by atoms with Gasteiger partial charge in [0.2, 0.25) is 0 Å². The molecule has 0 fully saturated rings. The third kappa shape index (κ3) is 3.67. The largest absolute Gasteiger partial charge is 0.490 e. The summed E-state index contributed by atoms with van der Waals surface area (Å²) in [5.41, 5.74) is 2.25. The molecular formula is C19H19ClO3. The van der Waals surface area contributed by atoms with Crippen LogP contribution in [-0.4, -0.2) is 17.2 Å². The second-order valence-corrected chi connectivity index (χ2v) is 6.27. The first kappa shape index (κ1) is 15.9. The van der Waals surface area contributed by atoms with E-state index in [2.05, 4.69) is 24.3 Å². The van der Waals surface area contributed by atoms with Gasteiger partial charge in [0.15, 0.2) is 0 Å². The number of carboxylic acid groups (broad SMARTS) is 1. The molecule has 2 aromatic rings. The molecule has 2 aromatic carbocycles. The monoisotopic (exact) mass is 330 g/mol. The van der Waals surface area contributed by atoms with E-state index in [4.69, 9.17) is 16.3 Å². The van der Waals surface area contributed by atoms with Crippen molar-refractivity contribution >= 4 is 17.6 Å². The number of aromatic carboxylic acids is 1. The lowest BCUT2D eigenvalue weighted by Gasteiger charge is -2.27. The highest BCUT2D eigenvalue weighted by molar-refractivity contribution is 6.33. The van der Waals surface area contributed by atoms with E-state index in [1.165, 1.54) is 5.56 Å². The normalized spacial score (nSPS) is 16.5. The minimum absolute atomic E-state index is 0.147. The molecule has 23 heavy (non-hydrogen) atoms. The van der Waals surface area contributed by atoms with Gasteiger partial charge in [0, 0.05) is 5.56 Å². The molecule has 120 valence electrons. The second kappa shape index (κ2) is 7.05. The van der Waals surface area contributed by atoms with Gasteiger partial charge < -0.3 is 9.84 Å². The van der Waals surface area contributed by atoms with Crippen molar-refractivity contribution < 1.29 is 14.6 Å². The lowest BCUT2D eigenvalue weighted by Crippen LogP contribution is -2.24. The van der Waals surface area contributed by atoms with Crippen molar-refractivity contribution in [2.24, 2.45) is 0 Å². The van der Waals surface area contributed by atoms with Gasteiger partial charge in [0.25, 0.3) is 0 Å². The van der Waals surface area contributed by atoms with Gasteiger partial charge in [0.1, 0.15) is 5.75 Å². The molecule has 0 radical (unpaired) electrons. The summed E-state index contributed by atoms with van der Waals surface area (Å²) in [4.78, 5) is 11.4. The van der Waals surface area contributed by atoms with Crippen LogP contribution >= 0.6 is 11.6 Å². The summed E-state index contributed by atoms with van der Waals surface area (Å²) >= 11 is 6.01. The Morgan fingerprint density at radius 3 is 2.74 bits per heavy atom. The number of aryl methyl sites for hydroxylation is 1. The lowest BCUT2D eigenvalue weighted by molar-refractivity contribution is 0.0692. The Labute approximate surface area is 140 Å². The third-order valence-electron chi connectivity index (χ3n) is 4.28. The van der Waals surface area contributed by atoms with Crippen LogP contribution in [0.3, 0.4) is 0 Å². The van der Waals surface area contributed by atoms with Crippen LogP contribution in [0.4, 0.5) is 0 Å². The fourth-order valence-corrected chi connectivity index (χ4v) is 3.37. The van der Waals surface area contributed by atoms with Gasteiger partial charge in [-0.2, -0.15) is 0 Å². The molecule has 0 aromatic heterocycles. The lowest BCUT2D eigenvalue weighted by atomic mass is 9.94. The van der Waals surface area contributed by atoms with E-state index in [1.807, 2.05) is 6.07 Å². The molecule has 3 rings (SSSR count). The van der Waals surface area contributed by atoms with Gasteiger partial charge in [-0.05, 0) is 49.8 Å². The topological polar surface area (TPSA) is 46.5 Å². The third-order valence-corrected chi connectivity index (χ3v) is 4.59. The molecule has 0 bridgehead atoms. The molecule has 0 amide bonds. The van der Waals surface area contributed by atoms with E-state index in [1.54, 1.807) is 12.1 Å². The first-order valence-electron chi connectivity index (χ1n) is 7.90. The van der Waals surface area contributed by atoms with E-state index in [0.717, 1.165) is 31.2 Å². The van der Waals surface area contributed by atoms with Crippen molar-refractivity contribution in [3.05, 3.63) is 64.2 Å². The second-order valence-electron chi connectivity index (χ2n) is 5.86. The van der Waals surface area contributed by atoms with Crippen LogP contribution in [0.5, 0.6) is 5.75 Å². The molecule has 1 aliphatic heterocycles. The number of hydrogen-bond acceptors (Lipinski definition) is 2. The summed E-state index contributed by atoms with van der Waals surface area (Å²) in [6, 6.07) is 13.8. The van der Waals surface area contributed by atoms with Crippen molar-refractivity contribution in [3.63, 3.8) is 0 Å². The van der Waals surface area contributed by atoms with Gasteiger partial charge in [-0.15, -0.1) is 0 Å². The fraction of sp³-hybridized carbons (Fsp3) is 0.316. The molecule has 0 spiro atoms. The van der Waals surface area contributed by atoms with Crippen molar-refractivity contribution in [2.75, 3.05) is 0 Å². The molecular weight excluding hydrogens is 312 g/mol. The number of carboxylic acids is 1. The predicted octanol–water partition coefficient (Wildman–Crippen LogP) is 4.75. The van der Waals surface area contributed by atoms with E-state index in [0.29, 0.717) is 12.2 Å². The van der Waals surface area contributed by atoms with Gasteiger partial charge >= 0.3 is 5.97 Å². The summed E-state index contributed by atoms with van der Waals surface area (Å²) in [7, 11) is 0. The Bertz CT molecular complexity index is 697. The van der Waals surface area contributed by atoms with Gasteiger partial charge in [-0.1, -0.05) is 41.9 Å². The van der Waals surface area contributed by atoms with Gasteiger partial charge in [-0.25, -0.2) is 4.79 Å². The standard InChI is InChI=1S/C19H19ClO3/c20-16-11-12-17-15(18(16)19(21)22)10-9-14(23-17)8-4-7-13-5-2-1-3-6-13/h1-3,5-6,11-12,14H,4,7-10H2,(H,21,22). The molecule has 1 atom stereocenters. The zero-order chi connectivity index (χ0) is 16.2. The van der Waals surface area contributed by atoms with E-state index in [-0.39, 0.29) is 16.7 Å². The molecule has 0 aliphatic carbocycles. The number of rotatable bonds is 5. The highest BCUT2D eigenvalue weighted by Gasteiger charge is 2.25. The maximum absolute atomic E-state index is 11.4. The first-order valence-corrected chi connectivity index (χ1v) is 8.28. The Hall–Kier alpha value is -2.00. The smallest absolute Gasteiger partial charge is 0.337 e. The van der Waals surface area contributed by atoms with Gasteiger partial charge in [0.05, 0.1) is 16.7 Å². The average Bonchev–Trinajstić information content (AvgIpc) is 2.55. The summed E-state index contributed by atoms with van der Waals surface area (Å²) in [6.07, 6.45) is 4.75. The van der Waals surface area contributed by atoms with Crippen LogP contribution in [-0.2, 0) is 12.8 Å². The number of ether oxygens (including phenoxy) is 1. The summed E-state index contributed by atoms with van der Waals surface area (Å²) in [6.45, 7) is 0. The average molecular weight is 331 g/mol. The maximum atomic E-state index is 11.4. The summed E-state index contributed by atoms with van der Waals surface area (Å²) in [5.74, 6) is -0.319. The molecule has 1 unspecified atom stereocenters. The minimum Gasteiger partial charge on any atom is -0.490 e. The molecule has 4 heteroatoms.